The van der Waals surface area contributed by atoms with Crippen molar-refractivity contribution in [2.24, 2.45) is 5.73 Å². The van der Waals surface area contributed by atoms with Gasteiger partial charge in [0.15, 0.2) is 0 Å². The number of thiocarbonyl (C=S) groups is 1. The lowest BCUT2D eigenvalue weighted by Gasteiger charge is -2.11. The molecular formula is C14H15FN4OS. The van der Waals surface area contributed by atoms with Gasteiger partial charge in [-0.15, -0.1) is 0 Å². The zero-order valence-electron chi connectivity index (χ0n) is 11.7. The minimum atomic E-state index is -0.569. The van der Waals surface area contributed by atoms with Gasteiger partial charge in [-0.05, 0) is 32.0 Å². The SMILES string of the molecule is CCn1nc(C)cc1C(=O)Nc1cccc(F)c1C(N)=S. The Labute approximate surface area is 126 Å². The third-order valence-electron chi connectivity index (χ3n) is 2.94. The van der Waals surface area contributed by atoms with E-state index in [2.05, 4.69) is 10.4 Å². The second-order valence-electron chi connectivity index (χ2n) is 4.47. The molecule has 21 heavy (non-hydrogen) atoms. The number of nitrogens with two attached hydrogens (primary N) is 1. The maximum atomic E-state index is 13.8. The number of hydrogen-bond acceptors (Lipinski definition) is 3. The highest BCUT2D eigenvalue weighted by Crippen LogP contribution is 2.20. The number of aromatic nitrogens is 2. The molecule has 0 unspecified atom stereocenters. The number of halogens is 1. The molecule has 0 atom stereocenters. The molecule has 1 amide bonds. The summed E-state index contributed by atoms with van der Waals surface area (Å²) < 4.78 is 15.3. The summed E-state index contributed by atoms with van der Waals surface area (Å²) in [7, 11) is 0. The average molecular weight is 306 g/mol. The second-order valence-corrected chi connectivity index (χ2v) is 4.91. The molecule has 0 aliphatic heterocycles. The van der Waals surface area contributed by atoms with Crippen LogP contribution in [0.25, 0.3) is 0 Å². The number of carbonyl (C=O) groups excluding carboxylic acids is 1. The Morgan fingerprint density at radius 3 is 2.86 bits per heavy atom. The van der Waals surface area contributed by atoms with Gasteiger partial charge >= 0.3 is 0 Å². The fourth-order valence-corrected chi connectivity index (χ4v) is 2.24. The van der Waals surface area contributed by atoms with Gasteiger partial charge in [-0.1, -0.05) is 18.3 Å². The number of carbonyl (C=O) groups is 1. The molecule has 110 valence electrons. The van der Waals surface area contributed by atoms with Crippen LogP contribution in [0.1, 0.15) is 28.7 Å². The summed E-state index contributed by atoms with van der Waals surface area (Å²) in [5.41, 5.74) is 6.91. The Balaban J connectivity index is 2.36. The summed E-state index contributed by atoms with van der Waals surface area (Å²) in [5, 5.41) is 6.83. The van der Waals surface area contributed by atoms with Crippen molar-refractivity contribution in [1.82, 2.24) is 9.78 Å². The smallest absolute Gasteiger partial charge is 0.273 e. The topological polar surface area (TPSA) is 72.9 Å². The van der Waals surface area contributed by atoms with Crippen LogP contribution in [0.4, 0.5) is 10.1 Å². The molecule has 1 heterocycles. The van der Waals surface area contributed by atoms with E-state index in [4.69, 9.17) is 18.0 Å². The van der Waals surface area contributed by atoms with E-state index in [0.29, 0.717) is 12.2 Å². The number of rotatable bonds is 4. The van der Waals surface area contributed by atoms with E-state index in [9.17, 15) is 9.18 Å². The van der Waals surface area contributed by atoms with E-state index in [-0.39, 0.29) is 22.1 Å². The molecule has 0 bridgehead atoms. The predicted molar refractivity (Wildman–Crippen MR) is 82.9 cm³/mol. The summed E-state index contributed by atoms with van der Waals surface area (Å²) in [5.74, 6) is -0.957. The molecule has 0 saturated heterocycles. The third-order valence-corrected chi connectivity index (χ3v) is 3.15. The first-order chi connectivity index (χ1) is 9.93. The van der Waals surface area contributed by atoms with Gasteiger partial charge < -0.3 is 11.1 Å². The van der Waals surface area contributed by atoms with Gasteiger partial charge in [-0.3, -0.25) is 9.48 Å². The summed E-state index contributed by atoms with van der Waals surface area (Å²) >= 11 is 4.83. The van der Waals surface area contributed by atoms with Crippen LogP contribution in [-0.4, -0.2) is 20.7 Å². The fourth-order valence-electron chi connectivity index (χ4n) is 2.03. The van der Waals surface area contributed by atoms with Gasteiger partial charge in [-0.2, -0.15) is 5.10 Å². The molecule has 1 aromatic carbocycles. The van der Waals surface area contributed by atoms with Crippen LogP contribution in [-0.2, 0) is 6.54 Å². The van der Waals surface area contributed by atoms with Crippen LogP contribution >= 0.6 is 12.2 Å². The molecular weight excluding hydrogens is 291 g/mol. The first-order valence-electron chi connectivity index (χ1n) is 6.38. The van der Waals surface area contributed by atoms with Crippen molar-refractivity contribution in [2.75, 3.05) is 5.32 Å². The third kappa shape index (κ3) is 3.08. The number of hydrogen-bond donors (Lipinski definition) is 2. The first kappa shape index (κ1) is 15.1. The molecule has 1 aromatic heterocycles. The Morgan fingerprint density at radius 2 is 2.24 bits per heavy atom. The zero-order valence-corrected chi connectivity index (χ0v) is 12.5. The van der Waals surface area contributed by atoms with Crippen molar-refractivity contribution >= 4 is 28.8 Å². The van der Waals surface area contributed by atoms with Crippen molar-refractivity contribution in [3.8, 4) is 0 Å². The molecule has 3 N–H and O–H groups in total. The van der Waals surface area contributed by atoms with Crippen molar-refractivity contribution < 1.29 is 9.18 Å². The van der Waals surface area contributed by atoms with Crippen molar-refractivity contribution in [1.29, 1.82) is 0 Å². The summed E-state index contributed by atoms with van der Waals surface area (Å²) in [6, 6.07) is 5.94. The molecule has 5 nitrogen and oxygen atoms in total. The number of amides is 1. The van der Waals surface area contributed by atoms with Gasteiger partial charge in [0.1, 0.15) is 16.5 Å². The van der Waals surface area contributed by atoms with Crippen LogP contribution < -0.4 is 11.1 Å². The van der Waals surface area contributed by atoms with Gasteiger partial charge in [0, 0.05) is 6.54 Å². The molecule has 2 rings (SSSR count). The maximum Gasteiger partial charge on any atom is 0.273 e. The lowest BCUT2D eigenvalue weighted by molar-refractivity contribution is 0.101. The van der Waals surface area contributed by atoms with Gasteiger partial charge in [0.2, 0.25) is 0 Å². The largest absolute Gasteiger partial charge is 0.389 e. The quantitative estimate of drug-likeness (QED) is 0.850. The van der Waals surface area contributed by atoms with Crippen LogP contribution in [0.3, 0.4) is 0 Å². The Bertz CT molecular complexity index is 711. The van der Waals surface area contributed by atoms with Crippen LogP contribution in [0.15, 0.2) is 24.3 Å². The lowest BCUT2D eigenvalue weighted by Crippen LogP contribution is -2.21. The molecule has 0 fully saturated rings. The van der Waals surface area contributed by atoms with Crippen LogP contribution in [0.5, 0.6) is 0 Å². The molecule has 0 spiro atoms. The van der Waals surface area contributed by atoms with Crippen molar-refractivity contribution in [3.05, 3.63) is 47.0 Å². The number of aryl methyl sites for hydroxylation is 2. The van der Waals surface area contributed by atoms with E-state index in [0.717, 1.165) is 5.69 Å². The fraction of sp³-hybridized carbons (Fsp3) is 0.214. The number of benzene rings is 1. The average Bonchev–Trinajstić information content (AvgIpc) is 2.79. The lowest BCUT2D eigenvalue weighted by atomic mass is 10.1. The van der Waals surface area contributed by atoms with Crippen molar-refractivity contribution in [3.63, 3.8) is 0 Å². The van der Waals surface area contributed by atoms with E-state index < -0.39 is 5.82 Å². The van der Waals surface area contributed by atoms with Crippen LogP contribution in [0.2, 0.25) is 0 Å². The standard InChI is InChI=1S/C14H15FN4OS/c1-3-19-11(7-8(2)18-19)14(20)17-10-6-4-5-9(15)12(10)13(16)21/h4-7H,3H2,1-2H3,(H2,16,21)(H,17,20). The molecule has 0 aliphatic carbocycles. The summed E-state index contributed by atoms with van der Waals surface area (Å²) in [6.45, 7) is 4.24. The van der Waals surface area contributed by atoms with Gasteiger partial charge in [0.05, 0.1) is 16.9 Å². The molecule has 0 aliphatic rings. The minimum absolute atomic E-state index is 0.0279. The van der Waals surface area contributed by atoms with Crippen molar-refractivity contribution in [2.45, 2.75) is 20.4 Å². The van der Waals surface area contributed by atoms with E-state index in [1.807, 2.05) is 6.92 Å². The highest BCUT2D eigenvalue weighted by atomic mass is 32.1. The van der Waals surface area contributed by atoms with Crippen LogP contribution in [0, 0.1) is 12.7 Å². The van der Waals surface area contributed by atoms with E-state index in [1.54, 1.807) is 23.7 Å². The second kappa shape index (κ2) is 6.01. The summed E-state index contributed by atoms with van der Waals surface area (Å²) in [6.07, 6.45) is 0. The minimum Gasteiger partial charge on any atom is -0.389 e. The van der Waals surface area contributed by atoms with E-state index in [1.165, 1.54) is 12.1 Å². The Kier molecular flexibility index (Phi) is 4.32. The molecule has 0 saturated carbocycles. The highest BCUT2D eigenvalue weighted by molar-refractivity contribution is 7.80. The maximum absolute atomic E-state index is 13.8. The zero-order chi connectivity index (χ0) is 15.6. The summed E-state index contributed by atoms with van der Waals surface area (Å²) in [4.78, 5) is 12.2. The molecule has 0 radical (unpaired) electrons. The van der Waals surface area contributed by atoms with Gasteiger partial charge in [0.25, 0.3) is 5.91 Å². The molecule has 7 heteroatoms. The van der Waals surface area contributed by atoms with Gasteiger partial charge in [-0.25, -0.2) is 4.39 Å². The Morgan fingerprint density at radius 1 is 1.52 bits per heavy atom. The molecule has 2 aromatic rings. The number of nitrogens with one attached hydrogen (secondary N) is 1. The number of anilines is 1. The van der Waals surface area contributed by atoms with E-state index >= 15 is 0 Å². The number of nitrogens with zero attached hydrogens (tertiary/aromatic N) is 2. The first-order valence-corrected chi connectivity index (χ1v) is 6.79. The monoisotopic (exact) mass is 306 g/mol. The Hall–Kier alpha value is -2.28. The highest BCUT2D eigenvalue weighted by Gasteiger charge is 2.17. The predicted octanol–water partition coefficient (Wildman–Crippen LogP) is 2.24. The normalized spacial score (nSPS) is 10.4.